The lowest BCUT2D eigenvalue weighted by Crippen LogP contribution is -2.33. The summed E-state index contributed by atoms with van der Waals surface area (Å²) in [7, 11) is 0. The van der Waals surface area contributed by atoms with Crippen molar-refractivity contribution in [2.75, 3.05) is 6.54 Å². The molecule has 1 N–H and O–H groups in total. The quantitative estimate of drug-likeness (QED) is 0.908. The van der Waals surface area contributed by atoms with Crippen LogP contribution in [-0.2, 0) is 11.2 Å². The average molecular weight is 268 g/mol. The number of hydrogen-bond acceptors (Lipinski definition) is 1. The number of hydrogen-bond donors (Lipinski definition) is 1. The fourth-order valence-corrected chi connectivity index (χ4v) is 3.03. The molecule has 3 rings (SSSR count). The summed E-state index contributed by atoms with van der Waals surface area (Å²) in [5.74, 6) is 0.251. The number of nitrogens with one attached hydrogen (secondary N) is 1. The van der Waals surface area contributed by atoms with Crippen molar-refractivity contribution in [3.8, 4) is 0 Å². The Bertz CT molecular complexity index is 681. The number of nitrogens with zero attached hydrogens (tertiary/aromatic N) is 1. The normalized spacial score (nSPS) is 15.8. The predicted molar refractivity (Wildman–Crippen MR) is 81.4 cm³/mol. The molecule has 2 heterocycles. The Kier molecular flexibility index (Phi) is 3.35. The van der Waals surface area contributed by atoms with E-state index in [-0.39, 0.29) is 5.91 Å². The molecule has 0 fully saturated rings. The molecule has 0 spiro atoms. The Morgan fingerprint density at radius 1 is 1.30 bits per heavy atom. The topological polar surface area (TPSA) is 36.1 Å². The third-order valence-corrected chi connectivity index (χ3v) is 4.13. The second kappa shape index (κ2) is 5.16. The van der Waals surface area contributed by atoms with Gasteiger partial charge in [0, 0.05) is 35.8 Å². The molecule has 0 bridgehead atoms. The summed E-state index contributed by atoms with van der Waals surface area (Å²) in [4.78, 5) is 17.2. The maximum Gasteiger partial charge on any atom is 0.227 e. The van der Waals surface area contributed by atoms with Crippen LogP contribution in [0.4, 0.5) is 0 Å². The number of aromatic amines is 1. The van der Waals surface area contributed by atoms with Gasteiger partial charge in [-0.1, -0.05) is 18.2 Å². The van der Waals surface area contributed by atoms with Crippen LogP contribution in [0.15, 0.2) is 36.2 Å². The Hall–Kier alpha value is -2.03. The molecule has 1 aliphatic heterocycles. The third kappa shape index (κ3) is 2.24. The second-order valence-electron chi connectivity index (χ2n) is 5.49. The van der Waals surface area contributed by atoms with Crippen molar-refractivity contribution in [3.05, 3.63) is 47.3 Å². The monoisotopic (exact) mass is 268 g/mol. The molecule has 1 aliphatic rings. The van der Waals surface area contributed by atoms with Gasteiger partial charge in [-0.05, 0) is 43.9 Å². The minimum Gasteiger partial charge on any atom is -0.361 e. The van der Waals surface area contributed by atoms with Crippen molar-refractivity contribution in [3.63, 3.8) is 0 Å². The highest BCUT2D eigenvalue weighted by Crippen LogP contribution is 2.23. The first-order valence-corrected chi connectivity index (χ1v) is 7.19. The predicted octanol–water partition coefficient (Wildman–Crippen LogP) is 3.55. The van der Waals surface area contributed by atoms with E-state index in [0.29, 0.717) is 6.42 Å². The molecule has 0 aliphatic carbocycles. The number of carbonyl (C=O) groups is 1. The molecule has 0 atom stereocenters. The minimum atomic E-state index is 0.251. The maximum absolute atomic E-state index is 12.0. The van der Waals surface area contributed by atoms with E-state index in [1.807, 2.05) is 11.8 Å². The molecular weight excluding hydrogens is 248 g/mol. The van der Waals surface area contributed by atoms with Crippen molar-refractivity contribution < 1.29 is 4.79 Å². The minimum absolute atomic E-state index is 0.251. The molecule has 1 aromatic heterocycles. The van der Waals surface area contributed by atoms with Crippen molar-refractivity contribution in [1.82, 2.24) is 9.88 Å². The third-order valence-electron chi connectivity index (χ3n) is 4.13. The Morgan fingerprint density at radius 2 is 2.15 bits per heavy atom. The number of carbonyl (C=O) groups excluding carboxylic acids is 1. The van der Waals surface area contributed by atoms with Gasteiger partial charge in [0.2, 0.25) is 5.91 Å². The van der Waals surface area contributed by atoms with Gasteiger partial charge in [-0.25, -0.2) is 0 Å². The van der Waals surface area contributed by atoms with Crippen LogP contribution in [0.1, 0.15) is 30.9 Å². The van der Waals surface area contributed by atoms with Gasteiger partial charge in [0.15, 0.2) is 0 Å². The maximum atomic E-state index is 12.0. The van der Waals surface area contributed by atoms with Gasteiger partial charge in [-0.3, -0.25) is 4.79 Å². The van der Waals surface area contributed by atoms with Gasteiger partial charge in [0.25, 0.3) is 0 Å². The van der Waals surface area contributed by atoms with Crippen molar-refractivity contribution >= 4 is 16.8 Å². The summed E-state index contributed by atoms with van der Waals surface area (Å²) in [5, 5.41) is 1.30. The number of allylic oxidation sites excluding steroid dienone is 2. The van der Waals surface area contributed by atoms with Gasteiger partial charge < -0.3 is 9.88 Å². The number of rotatable bonds is 3. The first-order valence-electron chi connectivity index (χ1n) is 7.19. The molecule has 3 heteroatoms. The van der Waals surface area contributed by atoms with Crippen molar-refractivity contribution in [2.24, 2.45) is 0 Å². The van der Waals surface area contributed by atoms with Crippen LogP contribution in [0.3, 0.4) is 0 Å². The molecule has 1 amide bonds. The summed E-state index contributed by atoms with van der Waals surface area (Å²) >= 11 is 0. The summed E-state index contributed by atoms with van der Waals surface area (Å²) in [6.45, 7) is 4.93. The van der Waals surface area contributed by atoms with E-state index in [0.717, 1.165) is 25.1 Å². The number of amides is 1. The van der Waals surface area contributed by atoms with E-state index < -0.39 is 0 Å². The molecule has 2 aromatic rings. The van der Waals surface area contributed by atoms with E-state index in [1.54, 1.807) is 0 Å². The van der Waals surface area contributed by atoms with Crippen LogP contribution in [0.5, 0.6) is 0 Å². The lowest BCUT2D eigenvalue weighted by atomic mass is 10.0. The highest BCUT2D eigenvalue weighted by molar-refractivity contribution is 5.86. The first-order chi connectivity index (χ1) is 9.66. The SMILES string of the molecule is CC1=CCCC(=O)N1CCc1c[nH]c2cccc(C)c12. The van der Waals surface area contributed by atoms with Crippen LogP contribution >= 0.6 is 0 Å². The number of H-pyrrole nitrogens is 1. The number of aryl methyl sites for hydroxylation is 1. The molecule has 104 valence electrons. The van der Waals surface area contributed by atoms with Gasteiger partial charge >= 0.3 is 0 Å². The van der Waals surface area contributed by atoms with Gasteiger partial charge in [0.05, 0.1) is 0 Å². The van der Waals surface area contributed by atoms with E-state index in [1.165, 1.54) is 22.0 Å². The number of benzene rings is 1. The lowest BCUT2D eigenvalue weighted by molar-refractivity contribution is -0.129. The molecule has 3 nitrogen and oxygen atoms in total. The Labute approximate surface area is 119 Å². The Balaban J connectivity index is 1.82. The van der Waals surface area contributed by atoms with E-state index in [4.69, 9.17) is 0 Å². The van der Waals surface area contributed by atoms with Crippen molar-refractivity contribution in [2.45, 2.75) is 33.1 Å². The van der Waals surface area contributed by atoms with Gasteiger partial charge in [0.1, 0.15) is 0 Å². The molecule has 0 radical (unpaired) electrons. The van der Waals surface area contributed by atoms with Crippen LogP contribution in [0, 0.1) is 6.92 Å². The first kappa shape index (κ1) is 13.0. The molecule has 0 saturated heterocycles. The molecule has 0 unspecified atom stereocenters. The summed E-state index contributed by atoms with van der Waals surface area (Å²) < 4.78 is 0. The van der Waals surface area contributed by atoms with Crippen LogP contribution in [0.25, 0.3) is 10.9 Å². The number of fused-ring (bicyclic) bond motifs is 1. The fraction of sp³-hybridized carbons (Fsp3) is 0.353. The van der Waals surface area contributed by atoms with Gasteiger partial charge in [-0.2, -0.15) is 0 Å². The smallest absolute Gasteiger partial charge is 0.227 e. The average Bonchev–Trinajstić information content (AvgIpc) is 2.83. The van der Waals surface area contributed by atoms with E-state index >= 15 is 0 Å². The largest absolute Gasteiger partial charge is 0.361 e. The Morgan fingerprint density at radius 3 is 2.95 bits per heavy atom. The molecule has 1 aromatic carbocycles. The molecular formula is C17H20N2O. The van der Waals surface area contributed by atoms with E-state index in [2.05, 4.69) is 42.4 Å². The zero-order valence-electron chi connectivity index (χ0n) is 12.1. The van der Waals surface area contributed by atoms with Crippen molar-refractivity contribution in [1.29, 1.82) is 0 Å². The summed E-state index contributed by atoms with van der Waals surface area (Å²) in [6, 6.07) is 6.30. The number of aromatic nitrogens is 1. The van der Waals surface area contributed by atoms with Crippen LogP contribution < -0.4 is 0 Å². The standard InChI is InChI=1S/C17H20N2O/c1-12-5-3-7-15-17(12)14(11-18-15)9-10-19-13(2)6-4-8-16(19)20/h3,5-7,11,18H,4,8-10H2,1-2H3. The zero-order chi connectivity index (χ0) is 14.1. The molecule has 20 heavy (non-hydrogen) atoms. The van der Waals surface area contributed by atoms with Crippen LogP contribution in [0.2, 0.25) is 0 Å². The van der Waals surface area contributed by atoms with Crippen LogP contribution in [-0.4, -0.2) is 22.3 Å². The van der Waals surface area contributed by atoms with Gasteiger partial charge in [-0.15, -0.1) is 0 Å². The lowest BCUT2D eigenvalue weighted by Gasteiger charge is -2.26. The summed E-state index contributed by atoms with van der Waals surface area (Å²) in [6.07, 6.45) is 6.65. The zero-order valence-corrected chi connectivity index (χ0v) is 12.1. The van der Waals surface area contributed by atoms with E-state index in [9.17, 15) is 4.79 Å². The highest BCUT2D eigenvalue weighted by atomic mass is 16.2. The highest BCUT2D eigenvalue weighted by Gasteiger charge is 2.18. The molecule has 0 saturated carbocycles. The second-order valence-corrected chi connectivity index (χ2v) is 5.49. The summed E-state index contributed by atoms with van der Waals surface area (Å²) in [5.41, 5.74) is 4.86. The fourth-order valence-electron chi connectivity index (χ4n) is 3.03.